The van der Waals surface area contributed by atoms with E-state index in [9.17, 15) is 13.2 Å². The first-order chi connectivity index (χ1) is 9.45. The van der Waals surface area contributed by atoms with Gasteiger partial charge in [0.15, 0.2) is 6.61 Å². The first-order valence-electron chi connectivity index (χ1n) is 6.25. The lowest BCUT2D eigenvalue weighted by atomic mass is 10.3. The normalized spacial score (nSPS) is 11.4. The van der Waals surface area contributed by atoms with E-state index in [4.69, 9.17) is 4.74 Å². The molecule has 0 N–H and O–H groups in total. The number of hydrogen-bond acceptors (Lipinski definition) is 5. The molecule has 0 fully saturated rings. The summed E-state index contributed by atoms with van der Waals surface area (Å²) in [5.74, 6) is -0.0845. The van der Waals surface area contributed by atoms with Crippen LogP contribution in [0.15, 0.2) is 29.2 Å². The molecular formula is C13H19NO5S. The van der Waals surface area contributed by atoms with E-state index in [0.29, 0.717) is 18.8 Å². The average Bonchev–Trinajstić information content (AvgIpc) is 2.46. The summed E-state index contributed by atoms with van der Waals surface area (Å²) < 4.78 is 35.4. The van der Waals surface area contributed by atoms with Gasteiger partial charge in [-0.2, -0.15) is 4.31 Å². The lowest BCUT2D eigenvalue weighted by Gasteiger charge is -2.18. The number of methoxy groups -OCH3 is 1. The third kappa shape index (κ3) is 3.94. The van der Waals surface area contributed by atoms with Crippen molar-refractivity contribution in [3.63, 3.8) is 0 Å². The topological polar surface area (TPSA) is 72.9 Å². The molecule has 0 aliphatic heterocycles. The Morgan fingerprint density at radius 1 is 1.15 bits per heavy atom. The Labute approximate surface area is 119 Å². The summed E-state index contributed by atoms with van der Waals surface area (Å²) in [6.45, 7) is 4.20. The van der Waals surface area contributed by atoms with Crippen molar-refractivity contribution in [1.29, 1.82) is 0 Å². The molecule has 0 spiro atoms. The van der Waals surface area contributed by atoms with Crippen molar-refractivity contribution >= 4 is 16.0 Å². The predicted octanol–water partition coefficient (Wildman–Crippen LogP) is 1.27. The van der Waals surface area contributed by atoms with Crippen molar-refractivity contribution in [2.45, 2.75) is 18.7 Å². The van der Waals surface area contributed by atoms with Gasteiger partial charge >= 0.3 is 5.97 Å². The van der Waals surface area contributed by atoms with Gasteiger partial charge in [0.2, 0.25) is 10.0 Å². The Bertz CT molecular complexity index is 534. The summed E-state index contributed by atoms with van der Waals surface area (Å²) in [6, 6.07) is 5.94. The average molecular weight is 301 g/mol. The zero-order chi connectivity index (χ0) is 15.2. The molecule has 1 aromatic carbocycles. The van der Waals surface area contributed by atoms with E-state index in [1.165, 1.54) is 35.7 Å². The molecule has 7 heteroatoms. The van der Waals surface area contributed by atoms with Gasteiger partial charge in [-0.25, -0.2) is 13.2 Å². The summed E-state index contributed by atoms with van der Waals surface area (Å²) in [5, 5.41) is 0. The van der Waals surface area contributed by atoms with Gasteiger partial charge < -0.3 is 9.47 Å². The zero-order valence-corrected chi connectivity index (χ0v) is 12.6. The number of nitrogens with zero attached hydrogens (tertiary/aromatic N) is 1. The van der Waals surface area contributed by atoms with E-state index in [1.54, 1.807) is 13.8 Å². The van der Waals surface area contributed by atoms with Crippen LogP contribution in [0, 0.1) is 0 Å². The molecule has 0 atom stereocenters. The highest BCUT2D eigenvalue weighted by molar-refractivity contribution is 7.89. The maximum atomic E-state index is 12.2. The highest BCUT2D eigenvalue weighted by Gasteiger charge is 2.21. The monoisotopic (exact) mass is 301 g/mol. The van der Waals surface area contributed by atoms with Crippen molar-refractivity contribution in [3.8, 4) is 5.75 Å². The van der Waals surface area contributed by atoms with Gasteiger partial charge in [-0.1, -0.05) is 13.8 Å². The molecule has 1 aromatic rings. The summed E-state index contributed by atoms with van der Waals surface area (Å²) in [4.78, 5) is 11.1. The van der Waals surface area contributed by atoms with E-state index >= 15 is 0 Å². The Kier molecular flexibility index (Phi) is 5.97. The smallest absolute Gasteiger partial charge is 0.343 e. The number of sulfonamides is 1. The fourth-order valence-corrected chi connectivity index (χ4v) is 3.08. The molecule has 0 amide bonds. The molecule has 0 radical (unpaired) electrons. The number of benzene rings is 1. The number of rotatable bonds is 7. The molecule has 6 nitrogen and oxygen atoms in total. The number of carbonyl (C=O) groups is 1. The SMILES string of the molecule is CCN(CC)S(=O)(=O)c1ccc(OCC(=O)OC)cc1. The Morgan fingerprint density at radius 3 is 2.15 bits per heavy atom. The van der Waals surface area contributed by atoms with Crippen molar-refractivity contribution in [3.05, 3.63) is 24.3 Å². The fraction of sp³-hybridized carbons (Fsp3) is 0.462. The van der Waals surface area contributed by atoms with Crippen LogP contribution in [-0.4, -0.2) is 45.5 Å². The van der Waals surface area contributed by atoms with E-state index < -0.39 is 16.0 Å². The predicted molar refractivity (Wildman–Crippen MR) is 74.1 cm³/mol. The second-order valence-electron chi connectivity index (χ2n) is 3.93. The molecule has 0 saturated carbocycles. The van der Waals surface area contributed by atoms with Crippen LogP contribution in [0.5, 0.6) is 5.75 Å². The minimum absolute atomic E-state index is 0.201. The molecule has 0 saturated heterocycles. The molecule has 112 valence electrons. The summed E-state index contributed by atoms with van der Waals surface area (Å²) >= 11 is 0. The van der Waals surface area contributed by atoms with Crippen LogP contribution >= 0.6 is 0 Å². The fourth-order valence-electron chi connectivity index (χ4n) is 1.62. The molecule has 0 heterocycles. The quantitative estimate of drug-likeness (QED) is 0.709. The molecule has 0 unspecified atom stereocenters. The Hall–Kier alpha value is -1.60. The number of carbonyl (C=O) groups excluding carboxylic acids is 1. The number of hydrogen-bond donors (Lipinski definition) is 0. The molecule has 0 aliphatic rings. The van der Waals surface area contributed by atoms with Crippen molar-refractivity contribution in [1.82, 2.24) is 4.31 Å². The third-order valence-electron chi connectivity index (χ3n) is 2.75. The van der Waals surface area contributed by atoms with Gasteiger partial charge in [0.05, 0.1) is 12.0 Å². The van der Waals surface area contributed by atoms with Crippen LogP contribution in [0.1, 0.15) is 13.8 Å². The maximum absolute atomic E-state index is 12.2. The van der Waals surface area contributed by atoms with Gasteiger partial charge in [0, 0.05) is 13.1 Å². The first-order valence-corrected chi connectivity index (χ1v) is 7.69. The molecular weight excluding hydrogens is 282 g/mol. The van der Waals surface area contributed by atoms with Crippen LogP contribution < -0.4 is 4.74 Å². The van der Waals surface area contributed by atoms with Gasteiger partial charge in [0.1, 0.15) is 5.75 Å². The van der Waals surface area contributed by atoms with E-state index in [-0.39, 0.29) is 11.5 Å². The number of esters is 1. The maximum Gasteiger partial charge on any atom is 0.343 e. The molecule has 1 rings (SSSR count). The van der Waals surface area contributed by atoms with Crippen LogP contribution in [0.4, 0.5) is 0 Å². The summed E-state index contributed by atoms with van der Waals surface area (Å²) in [6.07, 6.45) is 0. The van der Waals surface area contributed by atoms with Crippen LogP contribution in [-0.2, 0) is 19.6 Å². The van der Waals surface area contributed by atoms with Crippen LogP contribution in [0.3, 0.4) is 0 Å². The van der Waals surface area contributed by atoms with Gasteiger partial charge in [-0.3, -0.25) is 0 Å². The largest absolute Gasteiger partial charge is 0.482 e. The van der Waals surface area contributed by atoms with E-state index in [2.05, 4.69) is 4.74 Å². The standard InChI is InChI=1S/C13H19NO5S/c1-4-14(5-2)20(16,17)12-8-6-11(7-9-12)19-10-13(15)18-3/h6-9H,4-5,10H2,1-3H3. The number of ether oxygens (including phenoxy) is 2. The molecule has 0 aliphatic carbocycles. The molecule has 0 bridgehead atoms. The first kappa shape index (κ1) is 16.5. The summed E-state index contributed by atoms with van der Waals surface area (Å²) in [7, 11) is -2.20. The van der Waals surface area contributed by atoms with Crippen molar-refractivity contribution in [2.24, 2.45) is 0 Å². The lowest BCUT2D eigenvalue weighted by Crippen LogP contribution is -2.30. The second kappa shape index (κ2) is 7.25. The highest BCUT2D eigenvalue weighted by atomic mass is 32.2. The van der Waals surface area contributed by atoms with E-state index in [0.717, 1.165) is 0 Å². The van der Waals surface area contributed by atoms with Gasteiger partial charge in [0.25, 0.3) is 0 Å². The van der Waals surface area contributed by atoms with E-state index in [1.807, 2.05) is 0 Å². The molecule has 0 aromatic heterocycles. The lowest BCUT2D eigenvalue weighted by molar-refractivity contribution is -0.142. The zero-order valence-electron chi connectivity index (χ0n) is 11.8. The minimum Gasteiger partial charge on any atom is -0.482 e. The minimum atomic E-state index is -3.47. The molecule has 20 heavy (non-hydrogen) atoms. The highest BCUT2D eigenvalue weighted by Crippen LogP contribution is 2.19. The van der Waals surface area contributed by atoms with Crippen molar-refractivity contribution < 1.29 is 22.7 Å². The summed E-state index contributed by atoms with van der Waals surface area (Å²) in [5.41, 5.74) is 0. The Balaban J connectivity index is 2.83. The Morgan fingerprint density at radius 2 is 1.70 bits per heavy atom. The third-order valence-corrected chi connectivity index (χ3v) is 4.82. The second-order valence-corrected chi connectivity index (χ2v) is 5.86. The van der Waals surface area contributed by atoms with Gasteiger partial charge in [-0.05, 0) is 24.3 Å². The van der Waals surface area contributed by atoms with Crippen molar-refractivity contribution in [2.75, 3.05) is 26.8 Å². The van der Waals surface area contributed by atoms with Gasteiger partial charge in [-0.15, -0.1) is 0 Å². The van der Waals surface area contributed by atoms with Crippen LogP contribution in [0.2, 0.25) is 0 Å². The van der Waals surface area contributed by atoms with Crippen LogP contribution in [0.25, 0.3) is 0 Å².